The molecule has 4 heteroatoms. The number of carbonyl (C=O) groups is 1. The molecule has 0 bridgehead atoms. The summed E-state index contributed by atoms with van der Waals surface area (Å²) in [5, 5.41) is 12.8. The zero-order valence-electron chi connectivity index (χ0n) is 14.3. The minimum Gasteiger partial charge on any atom is -0.504 e. The molecule has 0 saturated heterocycles. The number of carbonyl (C=O) groups excluding carboxylic acids is 1. The van der Waals surface area contributed by atoms with Gasteiger partial charge in [0.1, 0.15) is 0 Å². The third-order valence-corrected chi connectivity index (χ3v) is 5.02. The molecule has 130 valence electrons. The Labute approximate surface area is 143 Å². The molecule has 0 radical (unpaired) electrons. The second-order valence-electron chi connectivity index (χ2n) is 7.08. The lowest BCUT2D eigenvalue weighted by Gasteiger charge is -2.27. The number of rotatable bonds is 6. The molecule has 1 aromatic rings. The summed E-state index contributed by atoms with van der Waals surface area (Å²) in [6.45, 7) is 0. The van der Waals surface area contributed by atoms with Crippen LogP contribution in [0.4, 0.5) is 0 Å². The quantitative estimate of drug-likeness (QED) is 0.784. The lowest BCUT2D eigenvalue weighted by Crippen LogP contribution is -2.38. The standard InChI is InChI=1S/C20H27NO3/c1-24-19-12-16(8-11-18(19)22)13-20(23)21-17-9-6-15(7-10-17)5-4-14-2-3-14/h4-5,8,11-12,14-15,17,22H,2-3,6-7,9-10,13H2,1H3,(H,21,23)/b5-4+/t15-,17+. The van der Waals surface area contributed by atoms with E-state index in [0.717, 1.165) is 24.3 Å². The van der Waals surface area contributed by atoms with Crippen LogP contribution in [0.3, 0.4) is 0 Å². The van der Waals surface area contributed by atoms with Gasteiger partial charge in [-0.3, -0.25) is 4.79 Å². The molecule has 0 unspecified atom stereocenters. The number of allylic oxidation sites excluding steroid dienone is 2. The maximum Gasteiger partial charge on any atom is 0.224 e. The van der Waals surface area contributed by atoms with Crippen molar-refractivity contribution in [3.63, 3.8) is 0 Å². The van der Waals surface area contributed by atoms with Crippen LogP contribution in [0.1, 0.15) is 44.1 Å². The van der Waals surface area contributed by atoms with Crippen molar-refractivity contribution in [2.45, 2.75) is 51.0 Å². The number of amides is 1. The van der Waals surface area contributed by atoms with Gasteiger partial charge >= 0.3 is 0 Å². The fourth-order valence-corrected chi connectivity index (χ4v) is 3.36. The van der Waals surface area contributed by atoms with E-state index in [1.807, 2.05) is 0 Å². The topological polar surface area (TPSA) is 58.6 Å². The molecule has 24 heavy (non-hydrogen) atoms. The van der Waals surface area contributed by atoms with E-state index in [1.54, 1.807) is 18.2 Å². The lowest BCUT2D eigenvalue weighted by atomic mass is 9.85. The molecule has 2 aliphatic rings. The molecule has 2 fully saturated rings. The number of nitrogens with one attached hydrogen (secondary N) is 1. The van der Waals surface area contributed by atoms with E-state index >= 15 is 0 Å². The van der Waals surface area contributed by atoms with E-state index in [2.05, 4.69) is 17.5 Å². The summed E-state index contributed by atoms with van der Waals surface area (Å²) in [7, 11) is 1.51. The van der Waals surface area contributed by atoms with Crippen LogP contribution in [0.25, 0.3) is 0 Å². The van der Waals surface area contributed by atoms with E-state index in [9.17, 15) is 9.90 Å². The molecule has 0 atom stereocenters. The predicted molar refractivity (Wildman–Crippen MR) is 94.1 cm³/mol. The first-order chi connectivity index (χ1) is 11.6. The highest BCUT2D eigenvalue weighted by atomic mass is 16.5. The Hall–Kier alpha value is -1.97. The second-order valence-corrected chi connectivity index (χ2v) is 7.08. The molecule has 4 nitrogen and oxygen atoms in total. The molecule has 3 rings (SSSR count). The van der Waals surface area contributed by atoms with Gasteiger partial charge in [0.2, 0.25) is 5.91 Å². The number of hydrogen-bond donors (Lipinski definition) is 2. The normalized spacial score (nSPS) is 24.0. The maximum atomic E-state index is 12.2. The van der Waals surface area contributed by atoms with Gasteiger partial charge in [-0.2, -0.15) is 0 Å². The van der Waals surface area contributed by atoms with Crippen molar-refractivity contribution >= 4 is 5.91 Å². The fraction of sp³-hybridized carbons (Fsp3) is 0.550. The van der Waals surface area contributed by atoms with Crippen LogP contribution >= 0.6 is 0 Å². The zero-order chi connectivity index (χ0) is 16.9. The molecule has 0 spiro atoms. The third-order valence-electron chi connectivity index (χ3n) is 5.02. The van der Waals surface area contributed by atoms with Crippen molar-refractivity contribution in [2.75, 3.05) is 7.11 Å². The van der Waals surface area contributed by atoms with Crippen LogP contribution < -0.4 is 10.1 Å². The Morgan fingerprint density at radius 1 is 1.17 bits per heavy atom. The minimum atomic E-state index is 0.0414. The van der Waals surface area contributed by atoms with E-state index in [4.69, 9.17) is 4.74 Å². The van der Waals surface area contributed by atoms with Crippen molar-refractivity contribution in [1.82, 2.24) is 5.32 Å². The fourth-order valence-electron chi connectivity index (χ4n) is 3.36. The summed E-state index contributed by atoms with van der Waals surface area (Å²) >= 11 is 0. The molecule has 1 aromatic carbocycles. The first-order valence-electron chi connectivity index (χ1n) is 8.97. The highest BCUT2D eigenvalue weighted by molar-refractivity contribution is 5.79. The van der Waals surface area contributed by atoms with Crippen LogP contribution in [0.15, 0.2) is 30.4 Å². The lowest BCUT2D eigenvalue weighted by molar-refractivity contribution is -0.121. The van der Waals surface area contributed by atoms with Gasteiger partial charge in [0, 0.05) is 6.04 Å². The molecular weight excluding hydrogens is 302 g/mol. The number of aromatic hydroxyl groups is 1. The average Bonchev–Trinajstić information content (AvgIpc) is 3.40. The largest absolute Gasteiger partial charge is 0.504 e. The molecule has 0 aromatic heterocycles. The molecule has 2 aliphatic carbocycles. The summed E-state index contributed by atoms with van der Waals surface area (Å²) < 4.78 is 5.08. The Balaban J connectivity index is 1.44. The van der Waals surface area contributed by atoms with Gasteiger partial charge in [0.15, 0.2) is 11.5 Å². The van der Waals surface area contributed by atoms with Crippen molar-refractivity contribution < 1.29 is 14.6 Å². The second kappa shape index (κ2) is 7.73. The third kappa shape index (κ3) is 4.76. The number of hydrogen-bond acceptors (Lipinski definition) is 3. The van der Waals surface area contributed by atoms with Crippen LogP contribution in [-0.2, 0) is 11.2 Å². The van der Waals surface area contributed by atoms with Gasteiger partial charge in [0.25, 0.3) is 0 Å². The van der Waals surface area contributed by atoms with Crippen molar-refractivity contribution in [3.8, 4) is 11.5 Å². The zero-order valence-corrected chi connectivity index (χ0v) is 14.3. The number of ether oxygens (including phenoxy) is 1. The summed E-state index contributed by atoms with van der Waals surface area (Å²) in [6.07, 6.45) is 12.3. The molecule has 0 aliphatic heterocycles. The SMILES string of the molecule is COc1cc(CC(=O)N[C@H]2CC[C@@H](/C=C/C3CC3)CC2)ccc1O. The van der Waals surface area contributed by atoms with Crippen molar-refractivity contribution in [3.05, 3.63) is 35.9 Å². The van der Waals surface area contributed by atoms with E-state index in [1.165, 1.54) is 32.8 Å². The van der Waals surface area contributed by atoms with Crippen LogP contribution in [0.5, 0.6) is 11.5 Å². The van der Waals surface area contributed by atoms with E-state index in [-0.39, 0.29) is 11.7 Å². The summed E-state index contributed by atoms with van der Waals surface area (Å²) in [4.78, 5) is 12.2. The van der Waals surface area contributed by atoms with Gasteiger partial charge in [0.05, 0.1) is 13.5 Å². The highest BCUT2D eigenvalue weighted by Crippen LogP contribution is 2.32. The van der Waals surface area contributed by atoms with Gasteiger partial charge in [-0.1, -0.05) is 18.2 Å². The Kier molecular flexibility index (Phi) is 5.44. The predicted octanol–water partition coefficient (Wildman–Crippen LogP) is 3.58. The minimum absolute atomic E-state index is 0.0414. The maximum absolute atomic E-state index is 12.2. The van der Waals surface area contributed by atoms with E-state index in [0.29, 0.717) is 24.1 Å². The average molecular weight is 329 g/mol. The van der Waals surface area contributed by atoms with Crippen LogP contribution in [0, 0.1) is 11.8 Å². The number of benzene rings is 1. The van der Waals surface area contributed by atoms with Gasteiger partial charge in [-0.25, -0.2) is 0 Å². The molecule has 2 N–H and O–H groups in total. The van der Waals surface area contributed by atoms with Gasteiger partial charge in [-0.05, 0) is 68.1 Å². The van der Waals surface area contributed by atoms with Crippen molar-refractivity contribution in [1.29, 1.82) is 0 Å². The van der Waals surface area contributed by atoms with E-state index < -0.39 is 0 Å². The van der Waals surface area contributed by atoms with Crippen LogP contribution in [-0.4, -0.2) is 24.2 Å². The summed E-state index contributed by atoms with van der Waals surface area (Å²) in [5.74, 6) is 2.09. The number of methoxy groups -OCH3 is 1. The summed E-state index contributed by atoms with van der Waals surface area (Å²) in [6, 6.07) is 5.34. The van der Waals surface area contributed by atoms with Crippen LogP contribution in [0.2, 0.25) is 0 Å². The Morgan fingerprint density at radius 2 is 1.79 bits per heavy atom. The first kappa shape index (κ1) is 16.9. The molecule has 2 saturated carbocycles. The van der Waals surface area contributed by atoms with Gasteiger partial charge in [-0.15, -0.1) is 0 Å². The Morgan fingerprint density at radius 3 is 2.38 bits per heavy atom. The molecule has 1 amide bonds. The van der Waals surface area contributed by atoms with Gasteiger partial charge < -0.3 is 15.2 Å². The Bertz CT molecular complexity index is 599. The highest BCUT2D eigenvalue weighted by Gasteiger charge is 2.23. The van der Waals surface area contributed by atoms with Crippen molar-refractivity contribution in [2.24, 2.45) is 11.8 Å². The first-order valence-corrected chi connectivity index (χ1v) is 8.97. The monoisotopic (exact) mass is 329 g/mol. The smallest absolute Gasteiger partial charge is 0.224 e. The molecular formula is C20H27NO3. The summed E-state index contributed by atoms with van der Waals surface area (Å²) in [5.41, 5.74) is 0.850. The number of phenols is 1. The molecule has 0 heterocycles. The number of phenolic OH excluding ortho intramolecular Hbond substituents is 1.